The lowest BCUT2D eigenvalue weighted by atomic mass is 10.0. The molecule has 5 nitrogen and oxygen atoms in total. The van der Waals surface area contributed by atoms with E-state index in [1.165, 1.54) is 5.56 Å². The Hall–Kier alpha value is -1.88. The molecule has 1 saturated heterocycles. The van der Waals surface area contributed by atoms with Crippen LogP contribution in [0, 0.1) is 20.8 Å². The van der Waals surface area contributed by atoms with Crippen LogP contribution in [0.2, 0.25) is 0 Å². The van der Waals surface area contributed by atoms with Crippen molar-refractivity contribution >= 4 is 17.5 Å². The van der Waals surface area contributed by atoms with E-state index in [1.54, 1.807) is 6.92 Å². The van der Waals surface area contributed by atoms with Gasteiger partial charge in [0.05, 0.1) is 6.54 Å². The van der Waals surface area contributed by atoms with Crippen LogP contribution < -0.4 is 10.6 Å². The molecule has 2 N–H and O–H groups in total. The van der Waals surface area contributed by atoms with Crippen molar-refractivity contribution in [3.05, 3.63) is 28.8 Å². The molecule has 1 fully saturated rings. The average molecular weight is 317 g/mol. The summed E-state index contributed by atoms with van der Waals surface area (Å²) in [5, 5.41) is 6.00. The number of nitrogens with zero attached hydrogens (tertiary/aromatic N) is 1. The standard InChI is InChI=1S/C18H27N3O2/c1-12-9-13(2)18(14(3)10-12)20-17(23)11-21-7-5-16(6-8-21)19-15(4)22/h9-10,16H,5-8,11H2,1-4H3,(H,19,22)(H,20,23). The first-order valence-electron chi connectivity index (χ1n) is 8.22. The highest BCUT2D eigenvalue weighted by molar-refractivity contribution is 5.93. The number of rotatable bonds is 4. The number of benzene rings is 1. The zero-order chi connectivity index (χ0) is 17.0. The predicted octanol–water partition coefficient (Wildman–Crippen LogP) is 2.15. The molecule has 2 rings (SSSR count). The molecule has 1 aliphatic rings. The SMILES string of the molecule is CC(=O)NC1CCN(CC(=O)Nc2c(C)cc(C)cc2C)CC1. The lowest BCUT2D eigenvalue weighted by molar-refractivity contribution is -0.121. The number of hydrogen-bond donors (Lipinski definition) is 2. The van der Waals surface area contributed by atoms with E-state index in [0.717, 1.165) is 42.7 Å². The minimum atomic E-state index is 0.0199. The second-order valence-electron chi connectivity index (χ2n) is 6.57. The van der Waals surface area contributed by atoms with Crippen LogP contribution in [-0.2, 0) is 9.59 Å². The maximum atomic E-state index is 12.3. The molecule has 0 bridgehead atoms. The van der Waals surface area contributed by atoms with Gasteiger partial charge in [0, 0.05) is 31.7 Å². The van der Waals surface area contributed by atoms with Crippen molar-refractivity contribution in [2.75, 3.05) is 25.0 Å². The third kappa shape index (κ3) is 5.06. The fraction of sp³-hybridized carbons (Fsp3) is 0.556. The molecule has 5 heteroatoms. The Kier molecular flexibility index (Phi) is 5.77. The van der Waals surface area contributed by atoms with Crippen LogP contribution in [0.25, 0.3) is 0 Å². The Morgan fingerprint density at radius 2 is 1.70 bits per heavy atom. The summed E-state index contributed by atoms with van der Waals surface area (Å²) in [6.45, 7) is 9.73. The fourth-order valence-corrected chi connectivity index (χ4v) is 3.28. The largest absolute Gasteiger partial charge is 0.354 e. The number of anilines is 1. The summed E-state index contributed by atoms with van der Waals surface area (Å²) in [6.07, 6.45) is 1.80. The molecule has 1 aromatic rings. The van der Waals surface area contributed by atoms with Gasteiger partial charge in [-0.25, -0.2) is 0 Å². The third-order valence-electron chi connectivity index (χ3n) is 4.30. The third-order valence-corrected chi connectivity index (χ3v) is 4.30. The van der Waals surface area contributed by atoms with Crippen LogP contribution in [0.5, 0.6) is 0 Å². The van der Waals surface area contributed by atoms with Gasteiger partial charge < -0.3 is 10.6 Å². The van der Waals surface area contributed by atoms with E-state index in [9.17, 15) is 9.59 Å². The van der Waals surface area contributed by atoms with Crippen LogP contribution in [0.3, 0.4) is 0 Å². The topological polar surface area (TPSA) is 61.4 Å². The van der Waals surface area contributed by atoms with Gasteiger partial charge in [0.25, 0.3) is 0 Å². The Labute approximate surface area is 138 Å². The van der Waals surface area contributed by atoms with E-state index in [2.05, 4.69) is 34.6 Å². The second kappa shape index (κ2) is 7.59. The number of nitrogens with one attached hydrogen (secondary N) is 2. The zero-order valence-electron chi connectivity index (χ0n) is 14.5. The molecule has 23 heavy (non-hydrogen) atoms. The maximum absolute atomic E-state index is 12.3. The van der Waals surface area contributed by atoms with Crippen LogP contribution in [0.4, 0.5) is 5.69 Å². The quantitative estimate of drug-likeness (QED) is 0.894. The highest BCUT2D eigenvalue weighted by Gasteiger charge is 2.21. The van der Waals surface area contributed by atoms with Crippen molar-refractivity contribution in [1.82, 2.24) is 10.2 Å². The van der Waals surface area contributed by atoms with Crippen molar-refractivity contribution in [2.45, 2.75) is 46.6 Å². The summed E-state index contributed by atoms with van der Waals surface area (Å²) < 4.78 is 0. The minimum absolute atomic E-state index is 0.0199. The lowest BCUT2D eigenvalue weighted by Gasteiger charge is -2.31. The van der Waals surface area contributed by atoms with E-state index in [-0.39, 0.29) is 17.9 Å². The monoisotopic (exact) mass is 317 g/mol. The first-order valence-corrected chi connectivity index (χ1v) is 8.22. The van der Waals surface area contributed by atoms with Crippen LogP contribution in [0.15, 0.2) is 12.1 Å². The van der Waals surface area contributed by atoms with Crippen molar-refractivity contribution in [3.63, 3.8) is 0 Å². The van der Waals surface area contributed by atoms with Crippen LogP contribution in [-0.4, -0.2) is 42.4 Å². The van der Waals surface area contributed by atoms with Crippen molar-refractivity contribution in [2.24, 2.45) is 0 Å². The molecule has 126 valence electrons. The molecule has 1 aliphatic heterocycles. The molecule has 0 aliphatic carbocycles. The molecule has 0 spiro atoms. The first kappa shape index (κ1) is 17.5. The van der Waals surface area contributed by atoms with Gasteiger partial charge in [-0.05, 0) is 44.7 Å². The first-order chi connectivity index (χ1) is 10.8. The van der Waals surface area contributed by atoms with E-state index in [4.69, 9.17) is 0 Å². The summed E-state index contributed by atoms with van der Waals surface area (Å²) in [6, 6.07) is 4.41. The molecule has 0 atom stereocenters. The lowest BCUT2D eigenvalue weighted by Crippen LogP contribution is -2.46. The van der Waals surface area contributed by atoms with Gasteiger partial charge in [-0.1, -0.05) is 17.7 Å². The van der Waals surface area contributed by atoms with E-state index in [0.29, 0.717) is 6.54 Å². The van der Waals surface area contributed by atoms with Crippen molar-refractivity contribution in [1.29, 1.82) is 0 Å². The molecule has 0 radical (unpaired) electrons. The zero-order valence-corrected chi connectivity index (χ0v) is 14.5. The number of hydrogen-bond acceptors (Lipinski definition) is 3. The molecule has 0 unspecified atom stereocenters. The molecule has 0 aromatic heterocycles. The Morgan fingerprint density at radius 1 is 1.13 bits per heavy atom. The summed E-state index contributed by atoms with van der Waals surface area (Å²) >= 11 is 0. The van der Waals surface area contributed by atoms with Gasteiger partial charge in [0.15, 0.2) is 0 Å². The number of carbonyl (C=O) groups excluding carboxylic acids is 2. The van der Waals surface area contributed by atoms with Gasteiger partial charge in [-0.2, -0.15) is 0 Å². The normalized spacial score (nSPS) is 16.2. The highest BCUT2D eigenvalue weighted by Crippen LogP contribution is 2.22. The summed E-state index contributed by atoms with van der Waals surface area (Å²) in [5.74, 6) is 0.0459. The average Bonchev–Trinajstić information content (AvgIpc) is 2.44. The molecular formula is C18H27N3O2. The Balaban J connectivity index is 1.86. The fourth-order valence-electron chi connectivity index (χ4n) is 3.28. The molecule has 0 saturated carbocycles. The Morgan fingerprint density at radius 3 is 2.22 bits per heavy atom. The number of carbonyl (C=O) groups is 2. The molecular weight excluding hydrogens is 290 g/mol. The van der Waals surface area contributed by atoms with Gasteiger partial charge >= 0.3 is 0 Å². The van der Waals surface area contributed by atoms with Crippen molar-refractivity contribution in [3.8, 4) is 0 Å². The summed E-state index contributed by atoms with van der Waals surface area (Å²) in [5.41, 5.74) is 4.33. The second-order valence-corrected chi connectivity index (χ2v) is 6.57. The van der Waals surface area contributed by atoms with E-state index < -0.39 is 0 Å². The number of likely N-dealkylation sites (tertiary alicyclic amines) is 1. The summed E-state index contributed by atoms with van der Waals surface area (Å²) in [4.78, 5) is 25.5. The van der Waals surface area contributed by atoms with Gasteiger partial charge in [0.2, 0.25) is 11.8 Å². The smallest absolute Gasteiger partial charge is 0.238 e. The highest BCUT2D eigenvalue weighted by atomic mass is 16.2. The number of aryl methyl sites for hydroxylation is 3. The molecule has 1 heterocycles. The van der Waals surface area contributed by atoms with Gasteiger partial charge in [-0.15, -0.1) is 0 Å². The van der Waals surface area contributed by atoms with Crippen LogP contribution in [0.1, 0.15) is 36.5 Å². The number of amides is 2. The minimum Gasteiger partial charge on any atom is -0.354 e. The number of piperidine rings is 1. The van der Waals surface area contributed by atoms with Gasteiger partial charge in [-0.3, -0.25) is 14.5 Å². The van der Waals surface area contributed by atoms with E-state index in [1.807, 2.05) is 13.8 Å². The van der Waals surface area contributed by atoms with Crippen molar-refractivity contribution < 1.29 is 9.59 Å². The predicted molar refractivity (Wildman–Crippen MR) is 92.6 cm³/mol. The Bertz CT molecular complexity index is 567. The summed E-state index contributed by atoms with van der Waals surface area (Å²) in [7, 11) is 0. The van der Waals surface area contributed by atoms with E-state index >= 15 is 0 Å². The van der Waals surface area contributed by atoms with Gasteiger partial charge in [0.1, 0.15) is 0 Å². The molecule has 2 amide bonds. The van der Waals surface area contributed by atoms with Crippen LogP contribution >= 0.6 is 0 Å². The maximum Gasteiger partial charge on any atom is 0.238 e. The molecule has 1 aromatic carbocycles.